The topological polar surface area (TPSA) is 210 Å². The van der Waals surface area contributed by atoms with E-state index in [9.17, 15) is 38.4 Å². The normalized spacial score (nSPS) is 15.3. The molecule has 16 heteroatoms. The molecule has 0 saturated heterocycles. The lowest BCUT2D eigenvalue weighted by Gasteiger charge is -2.31. The van der Waals surface area contributed by atoms with Crippen LogP contribution in [0, 0.1) is 0 Å². The molecule has 0 amide bonds. The summed E-state index contributed by atoms with van der Waals surface area (Å²) in [4.78, 5) is 108. The SMILES string of the molecule is CCCC1c2cc(c(OC(C)=O)cc2OC(C)=O)C(CCC)c2cc(c(OC(C)=O)cc2OC(C)=O)C(CCc2cc3cccc4ccc5cccc2c5c43)c2cc(c(OC(C)=O)cc2OC(C)=O)C(CCC)c2cc1c(OC(C)=O)cc2OC(C)=O. The second-order valence-corrected chi connectivity index (χ2v) is 22.2. The molecule has 450 valence electrons. The average molecular weight is 1180 g/mol. The molecule has 87 heavy (non-hydrogen) atoms. The highest BCUT2D eigenvalue weighted by molar-refractivity contribution is 6.23. The van der Waals surface area contributed by atoms with Gasteiger partial charge in [-0.15, -0.1) is 0 Å². The fourth-order valence-corrected chi connectivity index (χ4v) is 12.6. The van der Waals surface area contributed by atoms with Crippen LogP contribution >= 0.6 is 0 Å². The number of fused-ring (bicyclic) bond motifs is 8. The number of aryl methyl sites for hydroxylation is 1. The Morgan fingerprint density at radius 1 is 0.299 bits per heavy atom. The highest BCUT2D eigenvalue weighted by Gasteiger charge is 2.37. The van der Waals surface area contributed by atoms with Crippen molar-refractivity contribution in [3.63, 3.8) is 0 Å². The van der Waals surface area contributed by atoms with Gasteiger partial charge < -0.3 is 37.9 Å². The van der Waals surface area contributed by atoms with E-state index in [1.54, 1.807) is 24.3 Å². The third-order valence-corrected chi connectivity index (χ3v) is 15.6. The van der Waals surface area contributed by atoms with Crippen LogP contribution in [0.2, 0.25) is 0 Å². The van der Waals surface area contributed by atoms with E-state index < -0.39 is 71.4 Å². The molecule has 0 fully saturated rings. The Morgan fingerprint density at radius 2 is 0.552 bits per heavy atom. The van der Waals surface area contributed by atoms with Crippen molar-refractivity contribution >= 4 is 80.1 Å². The van der Waals surface area contributed by atoms with Gasteiger partial charge in [-0.1, -0.05) is 94.6 Å². The number of hydrogen-bond donors (Lipinski definition) is 0. The lowest BCUT2D eigenvalue weighted by atomic mass is 9.76. The maximum atomic E-state index is 13.6. The van der Waals surface area contributed by atoms with Gasteiger partial charge in [-0.25, -0.2) is 0 Å². The smallest absolute Gasteiger partial charge is 0.308 e. The van der Waals surface area contributed by atoms with E-state index in [-0.39, 0.29) is 52.4 Å². The molecule has 0 aliphatic heterocycles. The molecule has 1 aliphatic rings. The van der Waals surface area contributed by atoms with Crippen LogP contribution in [0.1, 0.15) is 195 Å². The van der Waals surface area contributed by atoms with Crippen LogP contribution in [-0.4, -0.2) is 47.8 Å². The zero-order valence-electron chi connectivity index (χ0n) is 50.8. The van der Waals surface area contributed by atoms with Crippen LogP contribution in [0.15, 0.2) is 103 Å². The minimum Gasteiger partial charge on any atom is -0.426 e. The Morgan fingerprint density at radius 3 is 0.828 bits per heavy atom. The number of carbonyl (C=O) groups is 8. The summed E-state index contributed by atoms with van der Waals surface area (Å²) < 4.78 is 49.2. The van der Waals surface area contributed by atoms with Crippen LogP contribution < -0.4 is 37.9 Å². The molecule has 16 nitrogen and oxygen atoms in total. The molecule has 0 spiro atoms. The predicted molar refractivity (Wildman–Crippen MR) is 327 cm³/mol. The van der Waals surface area contributed by atoms with Crippen molar-refractivity contribution < 1.29 is 76.3 Å². The van der Waals surface area contributed by atoms with Gasteiger partial charge in [0.15, 0.2) is 0 Å². The molecule has 1 aliphatic carbocycles. The molecule has 2 unspecified atom stereocenters. The van der Waals surface area contributed by atoms with E-state index in [0.717, 1.165) is 37.9 Å². The van der Waals surface area contributed by atoms with E-state index >= 15 is 0 Å². The van der Waals surface area contributed by atoms with E-state index in [2.05, 4.69) is 42.5 Å². The van der Waals surface area contributed by atoms with Gasteiger partial charge in [0.1, 0.15) is 46.0 Å². The van der Waals surface area contributed by atoms with Crippen LogP contribution in [0.5, 0.6) is 46.0 Å². The van der Waals surface area contributed by atoms with Crippen molar-refractivity contribution in [3.05, 3.63) is 153 Å². The molecule has 0 radical (unpaired) electrons. The van der Waals surface area contributed by atoms with Gasteiger partial charge in [-0.3, -0.25) is 38.4 Å². The van der Waals surface area contributed by atoms with Crippen molar-refractivity contribution in [2.24, 2.45) is 0 Å². The highest BCUT2D eigenvalue weighted by Crippen LogP contribution is 2.54. The number of rotatable bonds is 17. The minimum absolute atomic E-state index is 0.000148. The van der Waals surface area contributed by atoms with Gasteiger partial charge >= 0.3 is 47.8 Å². The van der Waals surface area contributed by atoms with E-state index in [1.165, 1.54) is 79.7 Å². The maximum Gasteiger partial charge on any atom is 0.308 e. The first-order chi connectivity index (χ1) is 41.6. The molecule has 8 aromatic carbocycles. The second kappa shape index (κ2) is 26.4. The van der Waals surface area contributed by atoms with Crippen LogP contribution in [0.25, 0.3) is 32.3 Å². The molecule has 9 rings (SSSR count). The molecular weight excluding hydrogens is 1110 g/mol. The standard InChI is InChI=1S/C71H70O16/c1-12-17-50-54-29-56(64(82-39(6)74)33-62(54)80-37(4)72)51(18-13-2)58-31-60(68(86-43(10)78)35-66(58)84-41(8)76)53(27-26-47-28-48-22-15-20-45-24-25-46-21-16-23-49(47)71(46)70(45)48)61-32-59(67(85-42(9)77)36-69(61)87-44(11)79)52(19-14-3)57-30-55(50)63(81-38(5)73)34-65(57)83-40(7)75/h15-16,20-25,28-36,50-53H,12-14,17-19,26-27H2,1-11H3. The average Bonchev–Trinajstić information content (AvgIpc) is 1.10. The fourth-order valence-electron chi connectivity index (χ4n) is 12.6. The molecule has 8 bridgehead atoms. The summed E-state index contributed by atoms with van der Waals surface area (Å²) >= 11 is 0. The molecular formula is C71H70O16. The van der Waals surface area contributed by atoms with Crippen LogP contribution in [0.3, 0.4) is 0 Å². The number of hydrogen-bond acceptors (Lipinski definition) is 16. The number of ether oxygens (including phenoxy) is 8. The lowest BCUT2D eigenvalue weighted by molar-refractivity contribution is -0.133. The van der Waals surface area contributed by atoms with E-state index in [0.29, 0.717) is 89.5 Å². The summed E-state index contributed by atoms with van der Waals surface area (Å²) in [6.07, 6.45) is 3.02. The maximum absolute atomic E-state index is 13.6. The third-order valence-electron chi connectivity index (χ3n) is 15.6. The van der Waals surface area contributed by atoms with Crippen molar-refractivity contribution in [1.29, 1.82) is 0 Å². The molecule has 0 N–H and O–H groups in total. The second-order valence-electron chi connectivity index (χ2n) is 22.2. The lowest BCUT2D eigenvalue weighted by Crippen LogP contribution is -2.18. The van der Waals surface area contributed by atoms with Gasteiger partial charge in [0.2, 0.25) is 0 Å². The van der Waals surface area contributed by atoms with Gasteiger partial charge in [0, 0.05) is 148 Å². The van der Waals surface area contributed by atoms with Crippen molar-refractivity contribution in [2.45, 2.75) is 151 Å². The Labute approximate surface area is 504 Å². The monoisotopic (exact) mass is 1180 g/mol. The molecule has 0 heterocycles. The third kappa shape index (κ3) is 13.5. The summed E-state index contributed by atoms with van der Waals surface area (Å²) in [7, 11) is 0. The quantitative estimate of drug-likeness (QED) is 0.0471. The Hall–Kier alpha value is -9.44. The van der Waals surface area contributed by atoms with Crippen LogP contribution in [0.4, 0.5) is 0 Å². The van der Waals surface area contributed by atoms with Gasteiger partial charge in [0.25, 0.3) is 0 Å². The summed E-state index contributed by atoms with van der Waals surface area (Å²) in [5.74, 6) is -8.94. The van der Waals surface area contributed by atoms with E-state index in [1.807, 2.05) is 32.9 Å². The zero-order valence-corrected chi connectivity index (χ0v) is 50.8. The molecule has 0 saturated carbocycles. The summed E-state index contributed by atoms with van der Waals surface area (Å²) in [5, 5.41) is 6.35. The highest BCUT2D eigenvalue weighted by atomic mass is 16.6. The van der Waals surface area contributed by atoms with Crippen molar-refractivity contribution in [1.82, 2.24) is 0 Å². The first-order valence-corrected chi connectivity index (χ1v) is 29.4. The van der Waals surface area contributed by atoms with Crippen molar-refractivity contribution in [3.8, 4) is 46.0 Å². The Balaban J connectivity index is 1.51. The summed E-state index contributed by atoms with van der Waals surface area (Å²) in [6, 6.07) is 31.9. The number of carbonyl (C=O) groups excluding carboxylic acids is 8. The molecule has 8 aromatic rings. The Bertz CT molecular complexity index is 3880. The number of benzene rings is 8. The Kier molecular flexibility index (Phi) is 18.9. The molecule has 0 aromatic heterocycles. The van der Waals surface area contributed by atoms with Crippen LogP contribution in [-0.2, 0) is 44.8 Å². The van der Waals surface area contributed by atoms with Gasteiger partial charge in [-0.05, 0) is 94.3 Å². The number of esters is 8. The zero-order chi connectivity index (χ0) is 62.5. The minimum atomic E-state index is -0.923. The van der Waals surface area contributed by atoms with Gasteiger partial charge in [0.05, 0.1) is 0 Å². The fraction of sp³-hybridized carbons (Fsp3) is 0.324. The van der Waals surface area contributed by atoms with Crippen molar-refractivity contribution in [2.75, 3.05) is 0 Å². The summed E-state index contributed by atoms with van der Waals surface area (Å²) in [6.45, 7) is 15.8. The first kappa shape index (κ1) is 62.1. The van der Waals surface area contributed by atoms with E-state index in [4.69, 9.17) is 37.9 Å². The predicted octanol–water partition coefficient (Wildman–Crippen LogP) is 14.9. The first-order valence-electron chi connectivity index (χ1n) is 29.4. The van der Waals surface area contributed by atoms with Gasteiger partial charge in [-0.2, -0.15) is 0 Å². The summed E-state index contributed by atoms with van der Waals surface area (Å²) in [5.41, 5.74) is 4.15. The molecule has 2 atom stereocenters. The largest absolute Gasteiger partial charge is 0.426 e.